The zero-order chi connectivity index (χ0) is 32.5. The Morgan fingerprint density at radius 1 is 0.783 bits per heavy atom. The van der Waals surface area contributed by atoms with Crippen molar-refractivity contribution in [2.45, 2.75) is 55.8 Å². The summed E-state index contributed by atoms with van der Waals surface area (Å²) in [6, 6.07) is 29.8. The molecule has 2 amide bonds. The predicted octanol–water partition coefficient (Wildman–Crippen LogP) is 5.16. The van der Waals surface area contributed by atoms with Crippen LogP contribution in [0.3, 0.4) is 0 Å². The largest absolute Gasteiger partial charge is 0.497 e. The molecule has 0 saturated heterocycles. The average molecular weight is 642 g/mol. The second-order valence-corrected chi connectivity index (χ2v) is 13.0. The van der Waals surface area contributed by atoms with Crippen LogP contribution in [0.25, 0.3) is 0 Å². The SMILES string of the molecule is COc1ccc(CNC(=O)[C@@H](c2ccccc2)N(Cc2ccc(OC)cc2)C(=O)CCc2ccc(S(=O)(=O)NC3CC3)cc2)cc1. The molecule has 0 aromatic heterocycles. The number of amides is 2. The summed E-state index contributed by atoms with van der Waals surface area (Å²) in [5, 5.41) is 3.03. The van der Waals surface area contributed by atoms with Crippen LogP contribution in [0.2, 0.25) is 0 Å². The molecule has 1 fully saturated rings. The highest BCUT2D eigenvalue weighted by atomic mass is 32.2. The Morgan fingerprint density at radius 3 is 1.91 bits per heavy atom. The monoisotopic (exact) mass is 641 g/mol. The van der Waals surface area contributed by atoms with Crippen LogP contribution in [0.1, 0.15) is 47.6 Å². The van der Waals surface area contributed by atoms with E-state index in [0.717, 1.165) is 35.3 Å². The van der Waals surface area contributed by atoms with Gasteiger partial charge in [0, 0.05) is 25.6 Å². The predicted molar refractivity (Wildman–Crippen MR) is 176 cm³/mol. The third kappa shape index (κ3) is 8.74. The molecule has 0 bridgehead atoms. The number of benzene rings is 4. The van der Waals surface area contributed by atoms with Gasteiger partial charge in [-0.15, -0.1) is 0 Å². The molecule has 0 heterocycles. The number of carbonyl (C=O) groups is 2. The molecule has 9 nitrogen and oxygen atoms in total. The van der Waals surface area contributed by atoms with Gasteiger partial charge in [0.25, 0.3) is 0 Å². The molecule has 1 saturated carbocycles. The van der Waals surface area contributed by atoms with E-state index in [1.54, 1.807) is 43.4 Å². The second-order valence-electron chi connectivity index (χ2n) is 11.3. The van der Waals surface area contributed by atoms with Gasteiger partial charge in [0.1, 0.15) is 17.5 Å². The lowest BCUT2D eigenvalue weighted by molar-refractivity contribution is -0.141. The van der Waals surface area contributed by atoms with Gasteiger partial charge in [-0.25, -0.2) is 13.1 Å². The number of hydrogen-bond donors (Lipinski definition) is 2. The summed E-state index contributed by atoms with van der Waals surface area (Å²) in [5.41, 5.74) is 3.25. The fraction of sp³-hybridized carbons (Fsp3) is 0.278. The second kappa shape index (κ2) is 15.1. The standard InChI is InChI=1S/C36H39N3O6S/c1-44-31-17-8-27(9-18-31)24-37-36(41)35(29-6-4-3-5-7-29)39(25-28-10-19-32(45-2)20-11-28)34(40)23-14-26-12-21-33(22-13-26)46(42,43)38-30-15-16-30/h3-13,17-22,30,35,38H,14-16,23-25H2,1-2H3,(H,37,41)/t35-/m1/s1. The van der Waals surface area contributed by atoms with Crippen LogP contribution in [0.15, 0.2) is 108 Å². The molecule has 240 valence electrons. The van der Waals surface area contributed by atoms with Crippen molar-refractivity contribution >= 4 is 21.8 Å². The number of methoxy groups -OCH3 is 2. The van der Waals surface area contributed by atoms with Gasteiger partial charge in [-0.2, -0.15) is 0 Å². The first kappa shape index (κ1) is 32.7. The van der Waals surface area contributed by atoms with Crippen molar-refractivity contribution in [3.63, 3.8) is 0 Å². The molecule has 0 radical (unpaired) electrons. The van der Waals surface area contributed by atoms with E-state index in [4.69, 9.17) is 9.47 Å². The third-order valence-corrected chi connectivity index (χ3v) is 9.43. The number of nitrogens with zero attached hydrogens (tertiary/aromatic N) is 1. The topological polar surface area (TPSA) is 114 Å². The molecule has 5 rings (SSSR count). The minimum Gasteiger partial charge on any atom is -0.497 e. The Labute approximate surface area is 270 Å². The number of carbonyl (C=O) groups excluding carboxylic acids is 2. The van der Waals surface area contributed by atoms with Crippen molar-refractivity contribution in [3.05, 3.63) is 125 Å². The van der Waals surface area contributed by atoms with Crippen LogP contribution in [0.4, 0.5) is 0 Å². The maximum absolute atomic E-state index is 14.1. The molecule has 1 atom stereocenters. The van der Waals surface area contributed by atoms with Gasteiger partial charge in [0.15, 0.2) is 0 Å². The lowest BCUT2D eigenvalue weighted by Crippen LogP contribution is -2.43. The highest BCUT2D eigenvalue weighted by molar-refractivity contribution is 7.89. The Balaban J connectivity index is 1.37. The van der Waals surface area contributed by atoms with Gasteiger partial charge in [-0.3, -0.25) is 9.59 Å². The van der Waals surface area contributed by atoms with Crippen LogP contribution in [-0.4, -0.2) is 45.4 Å². The number of hydrogen-bond acceptors (Lipinski definition) is 6. The normalized spacial score (nSPS) is 13.4. The average Bonchev–Trinajstić information content (AvgIpc) is 3.90. The van der Waals surface area contributed by atoms with Crippen LogP contribution in [0, 0.1) is 0 Å². The number of ether oxygens (including phenoxy) is 2. The molecule has 10 heteroatoms. The maximum Gasteiger partial charge on any atom is 0.247 e. The minimum atomic E-state index is -3.56. The van der Waals surface area contributed by atoms with Crippen molar-refractivity contribution in [2.75, 3.05) is 14.2 Å². The zero-order valence-corrected chi connectivity index (χ0v) is 26.8. The number of rotatable bonds is 15. The molecule has 0 spiro atoms. The van der Waals surface area contributed by atoms with E-state index in [0.29, 0.717) is 17.7 Å². The van der Waals surface area contributed by atoms with E-state index in [1.807, 2.05) is 78.9 Å². The van der Waals surface area contributed by atoms with Crippen molar-refractivity contribution in [1.82, 2.24) is 14.9 Å². The lowest BCUT2D eigenvalue weighted by Gasteiger charge is -2.32. The lowest BCUT2D eigenvalue weighted by atomic mass is 10.0. The highest BCUT2D eigenvalue weighted by Crippen LogP contribution is 2.27. The van der Waals surface area contributed by atoms with Crippen molar-refractivity contribution in [3.8, 4) is 11.5 Å². The Bertz CT molecular complexity index is 1710. The summed E-state index contributed by atoms with van der Waals surface area (Å²) >= 11 is 0. The van der Waals surface area contributed by atoms with Crippen LogP contribution in [-0.2, 0) is 39.1 Å². The van der Waals surface area contributed by atoms with E-state index in [2.05, 4.69) is 10.0 Å². The fourth-order valence-electron chi connectivity index (χ4n) is 5.11. The molecule has 0 unspecified atom stereocenters. The first-order valence-corrected chi connectivity index (χ1v) is 16.7. The summed E-state index contributed by atoms with van der Waals surface area (Å²) in [4.78, 5) is 29.8. The molecule has 4 aromatic rings. The van der Waals surface area contributed by atoms with Crippen molar-refractivity contribution in [1.29, 1.82) is 0 Å². The third-order valence-electron chi connectivity index (χ3n) is 7.89. The maximum atomic E-state index is 14.1. The summed E-state index contributed by atoms with van der Waals surface area (Å²) in [6.45, 7) is 0.476. The Morgan fingerprint density at radius 2 is 1.35 bits per heavy atom. The summed E-state index contributed by atoms with van der Waals surface area (Å²) in [7, 11) is -0.371. The summed E-state index contributed by atoms with van der Waals surface area (Å²) in [5.74, 6) is 0.897. The van der Waals surface area contributed by atoms with Gasteiger partial charge in [-0.1, -0.05) is 66.7 Å². The molecule has 4 aromatic carbocycles. The van der Waals surface area contributed by atoms with Crippen LogP contribution < -0.4 is 19.5 Å². The first-order valence-electron chi connectivity index (χ1n) is 15.2. The number of sulfonamides is 1. The van der Waals surface area contributed by atoms with Crippen LogP contribution in [0.5, 0.6) is 11.5 Å². The first-order chi connectivity index (χ1) is 22.3. The van der Waals surface area contributed by atoms with Crippen LogP contribution >= 0.6 is 0 Å². The van der Waals surface area contributed by atoms with E-state index < -0.39 is 16.1 Å². The summed E-state index contributed by atoms with van der Waals surface area (Å²) in [6.07, 6.45) is 2.22. The molecule has 46 heavy (non-hydrogen) atoms. The summed E-state index contributed by atoms with van der Waals surface area (Å²) < 4.78 is 38.4. The smallest absolute Gasteiger partial charge is 0.247 e. The fourth-order valence-corrected chi connectivity index (χ4v) is 6.41. The van der Waals surface area contributed by atoms with Gasteiger partial charge < -0.3 is 19.7 Å². The van der Waals surface area contributed by atoms with Crippen molar-refractivity contribution < 1.29 is 27.5 Å². The molecular weight excluding hydrogens is 602 g/mol. The molecule has 1 aliphatic rings. The van der Waals surface area contributed by atoms with Gasteiger partial charge in [0.05, 0.1) is 19.1 Å². The zero-order valence-electron chi connectivity index (χ0n) is 26.0. The number of aryl methyl sites for hydroxylation is 1. The van der Waals surface area contributed by atoms with E-state index in [-0.39, 0.29) is 42.3 Å². The Kier molecular flexibility index (Phi) is 10.7. The van der Waals surface area contributed by atoms with Gasteiger partial charge in [0.2, 0.25) is 21.8 Å². The van der Waals surface area contributed by atoms with E-state index in [9.17, 15) is 18.0 Å². The molecule has 1 aliphatic carbocycles. The molecule has 2 N–H and O–H groups in total. The Hall–Kier alpha value is -4.67. The molecule has 0 aliphatic heterocycles. The molecular formula is C36H39N3O6S. The van der Waals surface area contributed by atoms with Crippen molar-refractivity contribution in [2.24, 2.45) is 0 Å². The quantitative estimate of drug-likeness (QED) is 0.185. The van der Waals surface area contributed by atoms with Gasteiger partial charge >= 0.3 is 0 Å². The minimum absolute atomic E-state index is 0.0185. The van der Waals surface area contributed by atoms with E-state index in [1.165, 1.54) is 0 Å². The number of nitrogens with one attached hydrogen (secondary N) is 2. The highest BCUT2D eigenvalue weighted by Gasteiger charge is 2.32. The van der Waals surface area contributed by atoms with E-state index >= 15 is 0 Å². The van der Waals surface area contributed by atoms with Gasteiger partial charge in [-0.05, 0) is 77.9 Å².